The highest BCUT2D eigenvalue weighted by Crippen LogP contribution is 2.22. The first-order chi connectivity index (χ1) is 12.6. The number of nitrogens with two attached hydrogens (primary N) is 1. The van der Waals surface area contributed by atoms with E-state index in [0.29, 0.717) is 16.9 Å². The predicted molar refractivity (Wildman–Crippen MR) is 94.5 cm³/mol. The van der Waals surface area contributed by atoms with Gasteiger partial charge in [-0.25, -0.2) is 0 Å². The summed E-state index contributed by atoms with van der Waals surface area (Å²) in [5.41, 5.74) is 7.54. The molecule has 4 aromatic rings. The number of para-hydroxylation sites is 1. The van der Waals surface area contributed by atoms with Crippen molar-refractivity contribution in [1.29, 1.82) is 0 Å². The Hall–Kier alpha value is -3.94. The molecule has 2 aromatic carbocycles. The van der Waals surface area contributed by atoms with E-state index in [0.717, 1.165) is 10.9 Å². The number of amides is 2. The van der Waals surface area contributed by atoms with Gasteiger partial charge in [-0.05, 0) is 30.3 Å². The van der Waals surface area contributed by atoms with Crippen LogP contribution in [-0.2, 0) is 0 Å². The smallest absolute Gasteiger partial charge is 0.306 e. The van der Waals surface area contributed by atoms with Crippen LogP contribution in [0.15, 0.2) is 59.0 Å². The van der Waals surface area contributed by atoms with E-state index in [-0.39, 0.29) is 17.7 Å². The van der Waals surface area contributed by atoms with Crippen LogP contribution in [0.1, 0.15) is 21.2 Å². The minimum Gasteiger partial charge on any atom is -0.412 e. The lowest BCUT2D eigenvalue weighted by Gasteiger charge is -2.04. The molecule has 4 rings (SSSR count). The van der Waals surface area contributed by atoms with Gasteiger partial charge < -0.3 is 20.5 Å². The van der Waals surface area contributed by atoms with E-state index in [1.807, 2.05) is 24.3 Å². The predicted octanol–water partition coefficient (Wildman–Crippen LogP) is 2.57. The van der Waals surface area contributed by atoms with Gasteiger partial charge in [0.15, 0.2) is 0 Å². The standard InChI is InChI=1S/C18H13N5O3/c19-15(24)18-23-22-17(26-18)11-5-3-6-12(8-11)20-16(25)14-9-10-4-1-2-7-13(10)21-14/h1-9,21H,(H2,19,24)(H,20,25). The minimum atomic E-state index is -0.799. The lowest BCUT2D eigenvalue weighted by Crippen LogP contribution is -2.12. The molecule has 0 radical (unpaired) electrons. The Bertz CT molecular complexity index is 1100. The molecule has 0 aliphatic carbocycles. The molecule has 2 amide bonds. The zero-order valence-corrected chi connectivity index (χ0v) is 13.4. The first-order valence-corrected chi connectivity index (χ1v) is 7.73. The number of carbonyl (C=O) groups excluding carboxylic acids is 2. The summed E-state index contributed by atoms with van der Waals surface area (Å²) in [5.74, 6) is -1.21. The van der Waals surface area contributed by atoms with E-state index in [2.05, 4.69) is 20.5 Å². The maximum absolute atomic E-state index is 12.5. The van der Waals surface area contributed by atoms with Crippen LogP contribution in [0.5, 0.6) is 0 Å². The van der Waals surface area contributed by atoms with Gasteiger partial charge >= 0.3 is 11.8 Å². The lowest BCUT2D eigenvalue weighted by atomic mass is 10.2. The van der Waals surface area contributed by atoms with Crippen LogP contribution in [0.3, 0.4) is 0 Å². The summed E-state index contributed by atoms with van der Waals surface area (Å²) in [6.07, 6.45) is 0. The van der Waals surface area contributed by atoms with Gasteiger partial charge in [0.05, 0.1) is 0 Å². The largest absolute Gasteiger partial charge is 0.412 e. The molecule has 2 aromatic heterocycles. The van der Waals surface area contributed by atoms with E-state index < -0.39 is 5.91 Å². The quantitative estimate of drug-likeness (QED) is 0.523. The molecule has 0 saturated carbocycles. The average molecular weight is 347 g/mol. The molecule has 0 atom stereocenters. The highest BCUT2D eigenvalue weighted by Gasteiger charge is 2.14. The maximum atomic E-state index is 12.5. The van der Waals surface area contributed by atoms with Crippen molar-refractivity contribution in [2.75, 3.05) is 5.32 Å². The van der Waals surface area contributed by atoms with Gasteiger partial charge in [0, 0.05) is 22.2 Å². The molecule has 0 aliphatic rings. The summed E-state index contributed by atoms with van der Waals surface area (Å²) < 4.78 is 5.20. The third kappa shape index (κ3) is 2.91. The molecule has 128 valence electrons. The molecule has 8 nitrogen and oxygen atoms in total. The first-order valence-electron chi connectivity index (χ1n) is 7.73. The lowest BCUT2D eigenvalue weighted by molar-refractivity contribution is 0.0967. The van der Waals surface area contributed by atoms with E-state index in [9.17, 15) is 9.59 Å². The van der Waals surface area contributed by atoms with Crippen LogP contribution in [-0.4, -0.2) is 27.0 Å². The number of hydrogen-bond acceptors (Lipinski definition) is 5. The Labute approximate surface area is 147 Å². The van der Waals surface area contributed by atoms with Gasteiger partial charge in [0.1, 0.15) is 5.69 Å². The zero-order chi connectivity index (χ0) is 18.1. The van der Waals surface area contributed by atoms with Gasteiger partial charge in [0.25, 0.3) is 5.91 Å². The fraction of sp³-hybridized carbons (Fsp3) is 0. The SMILES string of the molecule is NC(=O)c1nnc(-c2cccc(NC(=O)c3cc4ccccc4[nH]3)c2)o1. The highest BCUT2D eigenvalue weighted by atomic mass is 16.4. The number of benzene rings is 2. The summed E-state index contributed by atoms with van der Waals surface area (Å²) >= 11 is 0. The van der Waals surface area contributed by atoms with Crippen LogP contribution in [0, 0.1) is 0 Å². The molecule has 2 heterocycles. The van der Waals surface area contributed by atoms with Crippen LogP contribution in [0.2, 0.25) is 0 Å². The number of fused-ring (bicyclic) bond motifs is 1. The fourth-order valence-corrected chi connectivity index (χ4v) is 2.56. The number of nitrogens with zero attached hydrogens (tertiary/aromatic N) is 2. The molecule has 0 bridgehead atoms. The van der Waals surface area contributed by atoms with Crippen molar-refractivity contribution in [3.05, 3.63) is 66.2 Å². The third-order valence-electron chi connectivity index (χ3n) is 3.78. The van der Waals surface area contributed by atoms with Crippen molar-refractivity contribution in [3.63, 3.8) is 0 Å². The summed E-state index contributed by atoms with van der Waals surface area (Å²) in [6, 6.07) is 16.3. The summed E-state index contributed by atoms with van der Waals surface area (Å²) in [4.78, 5) is 26.6. The molecule has 0 unspecified atom stereocenters. The third-order valence-corrected chi connectivity index (χ3v) is 3.78. The second-order valence-corrected chi connectivity index (χ2v) is 5.58. The Morgan fingerprint density at radius 3 is 2.65 bits per heavy atom. The summed E-state index contributed by atoms with van der Waals surface area (Å²) in [6.45, 7) is 0. The van der Waals surface area contributed by atoms with E-state index in [1.54, 1.807) is 30.3 Å². The molecule has 0 fully saturated rings. The second kappa shape index (κ2) is 6.17. The van der Waals surface area contributed by atoms with Crippen molar-refractivity contribution in [2.45, 2.75) is 0 Å². The van der Waals surface area contributed by atoms with Crippen LogP contribution < -0.4 is 11.1 Å². The van der Waals surface area contributed by atoms with Gasteiger partial charge in [-0.2, -0.15) is 0 Å². The number of rotatable bonds is 4. The molecule has 0 aliphatic heterocycles. The Balaban J connectivity index is 1.58. The zero-order valence-electron chi connectivity index (χ0n) is 13.4. The topological polar surface area (TPSA) is 127 Å². The Morgan fingerprint density at radius 1 is 1.04 bits per heavy atom. The normalized spacial score (nSPS) is 10.8. The monoisotopic (exact) mass is 347 g/mol. The fourth-order valence-electron chi connectivity index (χ4n) is 2.56. The molecule has 8 heteroatoms. The minimum absolute atomic E-state index is 0.139. The van der Waals surface area contributed by atoms with E-state index in [4.69, 9.17) is 10.2 Å². The van der Waals surface area contributed by atoms with Crippen molar-refractivity contribution in [3.8, 4) is 11.5 Å². The number of hydrogen-bond donors (Lipinski definition) is 3. The molecule has 0 saturated heterocycles. The number of nitrogens with one attached hydrogen (secondary N) is 2. The van der Waals surface area contributed by atoms with Crippen LogP contribution in [0.4, 0.5) is 5.69 Å². The van der Waals surface area contributed by atoms with Gasteiger partial charge in [-0.3, -0.25) is 9.59 Å². The second-order valence-electron chi connectivity index (χ2n) is 5.58. The number of H-pyrrole nitrogens is 1. The van der Waals surface area contributed by atoms with E-state index >= 15 is 0 Å². The molecule has 26 heavy (non-hydrogen) atoms. The van der Waals surface area contributed by atoms with Gasteiger partial charge in [-0.1, -0.05) is 24.3 Å². The summed E-state index contributed by atoms with van der Waals surface area (Å²) in [5, 5.41) is 11.1. The molecule has 0 spiro atoms. The number of carbonyl (C=O) groups is 2. The molecular formula is C18H13N5O3. The number of primary amides is 1. The highest BCUT2D eigenvalue weighted by molar-refractivity contribution is 6.06. The van der Waals surface area contributed by atoms with Crippen molar-refractivity contribution in [2.24, 2.45) is 5.73 Å². The Kier molecular flexibility index (Phi) is 3.70. The van der Waals surface area contributed by atoms with Gasteiger partial charge in [-0.15, -0.1) is 10.2 Å². The van der Waals surface area contributed by atoms with Crippen molar-refractivity contribution < 1.29 is 14.0 Å². The number of aromatic amines is 1. The number of anilines is 1. The number of aromatic nitrogens is 3. The van der Waals surface area contributed by atoms with E-state index in [1.165, 1.54) is 0 Å². The first kappa shape index (κ1) is 15.6. The average Bonchev–Trinajstić information content (AvgIpc) is 3.29. The summed E-state index contributed by atoms with van der Waals surface area (Å²) in [7, 11) is 0. The molecule has 4 N–H and O–H groups in total. The van der Waals surface area contributed by atoms with Crippen molar-refractivity contribution >= 4 is 28.4 Å². The van der Waals surface area contributed by atoms with Crippen LogP contribution >= 0.6 is 0 Å². The van der Waals surface area contributed by atoms with Crippen LogP contribution in [0.25, 0.3) is 22.4 Å². The Morgan fingerprint density at radius 2 is 1.88 bits per heavy atom. The van der Waals surface area contributed by atoms with Gasteiger partial charge in [0.2, 0.25) is 5.89 Å². The van der Waals surface area contributed by atoms with Crippen molar-refractivity contribution in [1.82, 2.24) is 15.2 Å². The molecular weight excluding hydrogens is 334 g/mol. The maximum Gasteiger partial charge on any atom is 0.306 e.